The number of carbonyl (C=O) groups excluding carboxylic acids is 2. The zero-order chi connectivity index (χ0) is 31.0. The first-order valence-corrected chi connectivity index (χ1v) is 13.7. The average molecular weight is 629 g/mol. The van der Waals surface area contributed by atoms with Crippen LogP contribution in [0.2, 0.25) is 0 Å². The number of fused-ring (bicyclic) bond motifs is 1. The second-order valence-corrected chi connectivity index (χ2v) is 10.4. The molecule has 0 atom stereocenters. The van der Waals surface area contributed by atoms with E-state index >= 15 is 0 Å². The van der Waals surface area contributed by atoms with E-state index in [0.29, 0.717) is 64.4 Å². The Labute approximate surface area is 261 Å². The summed E-state index contributed by atoms with van der Waals surface area (Å²) < 4.78 is 28.9. The molecule has 2 amide bonds. The maximum Gasteiger partial charge on any atom is 0.327 e. The summed E-state index contributed by atoms with van der Waals surface area (Å²) in [6.07, 6.45) is 1.39. The number of hydrogen-bond donors (Lipinski definition) is 2. The first-order chi connectivity index (χ1) is 20.6. The number of benzene rings is 2. The van der Waals surface area contributed by atoms with Crippen LogP contribution in [0.3, 0.4) is 0 Å². The Morgan fingerprint density at radius 1 is 0.977 bits per heavy atom. The Kier molecular flexibility index (Phi) is 11.7. The zero-order valence-electron chi connectivity index (χ0n) is 25.5. The molecule has 2 N–H and O–H groups in total. The van der Waals surface area contributed by atoms with Crippen molar-refractivity contribution in [2.45, 2.75) is 39.7 Å². The van der Waals surface area contributed by atoms with Gasteiger partial charge in [0, 0.05) is 36.4 Å². The Morgan fingerprint density at radius 2 is 1.77 bits per heavy atom. The van der Waals surface area contributed by atoms with Crippen LogP contribution in [0.15, 0.2) is 48.8 Å². The van der Waals surface area contributed by atoms with E-state index in [-0.39, 0.29) is 31.0 Å². The van der Waals surface area contributed by atoms with Crippen molar-refractivity contribution in [3.05, 3.63) is 54.5 Å². The van der Waals surface area contributed by atoms with Crippen LogP contribution in [0.4, 0.5) is 16.3 Å². The number of amides is 2. The minimum Gasteiger partial charge on any atom is -0.493 e. The molecule has 4 rings (SSSR count). The van der Waals surface area contributed by atoms with E-state index in [4.69, 9.17) is 23.7 Å². The monoisotopic (exact) mass is 628 g/mol. The van der Waals surface area contributed by atoms with Gasteiger partial charge < -0.3 is 29.0 Å². The predicted molar refractivity (Wildman–Crippen MR) is 167 cm³/mol. The van der Waals surface area contributed by atoms with Gasteiger partial charge in [0.2, 0.25) is 5.88 Å². The van der Waals surface area contributed by atoms with Gasteiger partial charge in [0.1, 0.15) is 31.0 Å². The van der Waals surface area contributed by atoms with Crippen molar-refractivity contribution >= 4 is 46.8 Å². The minimum absolute atomic E-state index is 0. The fourth-order valence-corrected chi connectivity index (χ4v) is 3.99. The molecule has 2 aromatic carbocycles. The van der Waals surface area contributed by atoms with Crippen molar-refractivity contribution in [2.24, 2.45) is 0 Å². The summed E-state index contributed by atoms with van der Waals surface area (Å²) >= 11 is 0. The number of methoxy groups -OCH3 is 2. The molecule has 0 spiro atoms. The maximum absolute atomic E-state index is 13.0. The highest BCUT2D eigenvalue weighted by Gasteiger charge is 2.22. The molecule has 0 aliphatic rings. The van der Waals surface area contributed by atoms with Crippen LogP contribution < -0.4 is 24.8 Å². The Bertz CT molecular complexity index is 1590. The van der Waals surface area contributed by atoms with Crippen molar-refractivity contribution < 1.29 is 33.3 Å². The molecule has 0 bridgehead atoms. The van der Waals surface area contributed by atoms with E-state index in [2.05, 4.69) is 25.7 Å². The second kappa shape index (κ2) is 15.2. The van der Waals surface area contributed by atoms with Gasteiger partial charge in [-0.05, 0) is 25.1 Å². The van der Waals surface area contributed by atoms with Gasteiger partial charge in [0.05, 0.1) is 36.9 Å². The highest BCUT2D eigenvalue weighted by atomic mass is 35.5. The Hall–Kier alpha value is -4.62. The number of ether oxygens (including phenoxy) is 5. The standard InChI is InChI=1S/C30H36N6O7.ClH/c1-7-41-27(37)17-36-26(16-25(35-36)30(2,3)4)34-29(38)33-19-9-8-10-20(13-19)43-28-21-14-23(40-6)24(42-12-11-39-5)15-22(21)31-18-32-28;/h8-10,13-16,18H,7,11-12,17H2,1-6H3,(H2,33,34,38);1H. The highest BCUT2D eigenvalue weighted by Crippen LogP contribution is 2.36. The van der Waals surface area contributed by atoms with Gasteiger partial charge in [-0.15, -0.1) is 12.4 Å². The molecule has 0 aliphatic carbocycles. The van der Waals surface area contributed by atoms with Gasteiger partial charge >= 0.3 is 12.0 Å². The third-order valence-corrected chi connectivity index (χ3v) is 6.11. The van der Waals surface area contributed by atoms with Crippen molar-refractivity contribution in [1.82, 2.24) is 19.7 Å². The summed E-state index contributed by atoms with van der Waals surface area (Å²) in [4.78, 5) is 33.7. The molecule has 0 unspecified atom stereocenters. The van der Waals surface area contributed by atoms with E-state index in [1.54, 1.807) is 63.6 Å². The SMILES string of the molecule is CCOC(=O)Cn1nc(C(C)(C)C)cc1NC(=O)Nc1cccc(Oc2ncnc3cc(OCCOC)c(OC)cc23)c1.Cl. The van der Waals surface area contributed by atoms with Gasteiger partial charge in [-0.25, -0.2) is 19.4 Å². The number of urea groups is 1. The van der Waals surface area contributed by atoms with E-state index in [1.165, 1.54) is 11.0 Å². The van der Waals surface area contributed by atoms with E-state index < -0.39 is 12.0 Å². The number of aromatic nitrogens is 4. The van der Waals surface area contributed by atoms with Gasteiger partial charge in [0.15, 0.2) is 11.5 Å². The number of rotatable bonds is 12. The molecular weight excluding hydrogens is 592 g/mol. The van der Waals surface area contributed by atoms with Crippen molar-refractivity contribution in [3.63, 3.8) is 0 Å². The van der Waals surface area contributed by atoms with E-state index in [1.807, 2.05) is 20.8 Å². The quantitative estimate of drug-likeness (QED) is 0.150. The van der Waals surface area contributed by atoms with E-state index in [9.17, 15) is 9.59 Å². The molecule has 236 valence electrons. The average Bonchev–Trinajstić information content (AvgIpc) is 3.35. The molecule has 0 fully saturated rings. The number of esters is 1. The molecule has 2 heterocycles. The van der Waals surface area contributed by atoms with Crippen molar-refractivity contribution in [3.8, 4) is 23.1 Å². The van der Waals surface area contributed by atoms with Crippen LogP contribution in [0.25, 0.3) is 10.9 Å². The third kappa shape index (κ3) is 8.71. The zero-order valence-corrected chi connectivity index (χ0v) is 26.3. The van der Waals surface area contributed by atoms with Crippen LogP contribution in [0.1, 0.15) is 33.4 Å². The lowest BCUT2D eigenvalue weighted by atomic mass is 9.92. The summed E-state index contributed by atoms with van der Waals surface area (Å²) in [6.45, 7) is 8.59. The number of nitrogens with zero attached hydrogens (tertiary/aromatic N) is 4. The first kappa shape index (κ1) is 33.9. The summed E-state index contributed by atoms with van der Waals surface area (Å²) in [7, 11) is 3.14. The number of nitrogens with one attached hydrogen (secondary N) is 2. The maximum atomic E-state index is 13.0. The van der Waals surface area contributed by atoms with Crippen LogP contribution >= 0.6 is 12.4 Å². The van der Waals surface area contributed by atoms with Crippen molar-refractivity contribution in [2.75, 3.05) is 44.7 Å². The Balaban J connectivity index is 0.00000529. The highest BCUT2D eigenvalue weighted by molar-refractivity contribution is 5.99. The normalized spacial score (nSPS) is 11.0. The molecule has 13 nitrogen and oxygen atoms in total. The summed E-state index contributed by atoms with van der Waals surface area (Å²) in [6, 6.07) is 11.5. The fourth-order valence-electron chi connectivity index (χ4n) is 3.99. The number of carbonyl (C=O) groups is 2. The number of halogens is 1. The molecule has 0 aliphatic heterocycles. The fraction of sp³-hybridized carbons (Fsp3) is 0.367. The molecule has 0 saturated heterocycles. The van der Waals surface area contributed by atoms with Gasteiger partial charge in [-0.3, -0.25) is 10.1 Å². The molecular formula is C30H37ClN6O7. The first-order valence-electron chi connectivity index (χ1n) is 13.7. The molecule has 0 saturated carbocycles. The number of hydrogen-bond acceptors (Lipinski definition) is 10. The van der Waals surface area contributed by atoms with Crippen LogP contribution in [-0.4, -0.2) is 65.8 Å². The van der Waals surface area contributed by atoms with Gasteiger partial charge in [-0.2, -0.15) is 5.10 Å². The van der Waals surface area contributed by atoms with Crippen molar-refractivity contribution in [1.29, 1.82) is 0 Å². The lowest BCUT2D eigenvalue weighted by Gasteiger charge is -2.14. The molecule has 14 heteroatoms. The van der Waals surface area contributed by atoms with Crippen LogP contribution in [0.5, 0.6) is 23.1 Å². The largest absolute Gasteiger partial charge is 0.493 e. The molecule has 44 heavy (non-hydrogen) atoms. The molecule has 4 aromatic rings. The smallest absolute Gasteiger partial charge is 0.327 e. The number of anilines is 2. The third-order valence-electron chi connectivity index (χ3n) is 6.11. The summed E-state index contributed by atoms with van der Waals surface area (Å²) in [5.41, 5.74) is 1.48. The molecule has 0 radical (unpaired) electrons. The molecule has 2 aromatic heterocycles. The van der Waals surface area contributed by atoms with Gasteiger partial charge in [0.25, 0.3) is 0 Å². The topological polar surface area (TPSA) is 148 Å². The lowest BCUT2D eigenvalue weighted by molar-refractivity contribution is -0.144. The van der Waals surface area contributed by atoms with E-state index in [0.717, 1.165) is 0 Å². The predicted octanol–water partition coefficient (Wildman–Crippen LogP) is 5.58. The second-order valence-electron chi connectivity index (χ2n) is 10.4. The Morgan fingerprint density at radius 3 is 2.48 bits per heavy atom. The van der Waals surface area contributed by atoms with Gasteiger partial charge in [-0.1, -0.05) is 26.8 Å². The summed E-state index contributed by atoms with van der Waals surface area (Å²) in [5.74, 6) is 1.64. The minimum atomic E-state index is -0.527. The lowest BCUT2D eigenvalue weighted by Crippen LogP contribution is -2.23. The summed E-state index contributed by atoms with van der Waals surface area (Å²) in [5, 5.41) is 10.7. The van der Waals surface area contributed by atoms with Crippen LogP contribution in [0, 0.1) is 0 Å². The van der Waals surface area contributed by atoms with Crippen LogP contribution in [-0.2, 0) is 26.2 Å².